The molecule has 3 aromatic rings. The first-order valence-electron chi connectivity index (χ1n) is 5.82. The van der Waals surface area contributed by atoms with Gasteiger partial charge >= 0.3 is 11.9 Å². The summed E-state index contributed by atoms with van der Waals surface area (Å²) in [6.07, 6.45) is -3.14. The van der Waals surface area contributed by atoms with E-state index in [0.29, 0.717) is 11.3 Å². The Kier molecular flexibility index (Phi) is 2.78. The summed E-state index contributed by atoms with van der Waals surface area (Å²) in [6, 6.07) is 4.47. The van der Waals surface area contributed by atoms with E-state index in [1.165, 1.54) is 29.9 Å². The van der Waals surface area contributed by atoms with E-state index in [-0.39, 0.29) is 5.65 Å². The molecule has 0 spiro atoms. The second kappa shape index (κ2) is 4.40. The van der Waals surface area contributed by atoms with Gasteiger partial charge < -0.3 is 0 Å². The number of nitrogens with zero attached hydrogens (tertiary/aromatic N) is 5. The highest BCUT2D eigenvalue weighted by molar-refractivity contribution is 5.73. The smallest absolute Gasteiger partial charge is 0.245 e. The second-order valence-corrected chi connectivity index (χ2v) is 4.36. The molecule has 0 saturated heterocycles. The number of rotatable bonds is 1. The zero-order chi connectivity index (χ0) is 15.2. The van der Waals surface area contributed by atoms with Crippen molar-refractivity contribution in [3.8, 4) is 11.3 Å². The van der Waals surface area contributed by atoms with Crippen LogP contribution in [0.5, 0.6) is 0 Å². The van der Waals surface area contributed by atoms with Crippen molar-refractivity contribution in [3.63, 3.8) is 0 Å². The van der Waals surface area contributed by atoms with Crippen molar-refractivity contribution in [2.45, 2.75) is 6.18 Å². The molecule has 6 nitrogen and oxygen atoms in total. The average Bonchev–Trinajstić information content (AvgIpc) is 2.87. The van der Waals surface area contributed by atoms with Crippen LogP contribution in [0.15, 0.2) is 35.4 Å². The molecule has 1 aromatic carbocycles. The predicted molar refractivity (Wildman–Crippen MR) is 66.5 cm³/mol. The maximum absolute atomic E-state index is 12.5. The molecular formula is C12H8F3N5O. The van der Waals surface area contributed by atoms with Gasteiger partial charge in [-0.2, -0.15) is 17.9 Å². The molecule has 0 bridgehead atoms. The summed E-state index contributed by atoms with van der Waals surface area (Å²) in [5.74, 6) is 0. The maximum Gasteiger partial charge on any atom is 0.416 e. The van der Waals surface area contributed by atoms with E-state index in [1.807, 2.05) is 0 Å². The summed E-state index contributed by atoms with van der Waals surface area (Å²) in [6.45, 7) is 0. The van der Waals surface area contributed by atoms with E-state index in [2.05, 4.69) is 15.3 Å². The topological polar surface area (TPSA) is 65.1 Å². The molecule has 0 fully saturated rings. The minimum atomic E-state index is -4.40. The van der Waals surface area contributed by atoms with Crippen molar-refractivity contribution < 1.29 is 13.2 Å². The number of hydrogen-bond donors (Lipinski definition) is 0. The Morgan fingerprint density at radius 2 is 1.81 bits per heavy atom. The van der Waals surface area contributed by atoms with Crippen molar-refractivity contribution in [1.29, 1.82) is 0 Å². The Hall–Kier alpha value is -2.71. The molecule has 0 unspecified atom stereocenters. The summed E-state index contributed by atoms with van der Waals surface area (Å²) < 4.78 is 39.8. The van der Waals surface area contributed by atoms with Crippen LogP contribution in [0.2, 0.25) is 0 Å². The van der Waals surface area contributed by atoms with Crippen LogP contribution in [0.25, 0.3) is 16.9 Å². The standard InChI is InChI=1S/C12H8F3N5O/c1-19-11(21)20-6-16-9(10(20)17-18-19)7-2-4-8(5-3-7)12(13,14)15/h2-6H,1H3. The number of aryl methyl sites for hydroxylation is 1. The molecule has 0 saturated carbocycles. The number of aromatic nitrogens is 5. The molecule has 0 aliphatic heterocycles. The van der Waals surface area contributed by atoms with Crippen LogP contribution in [0, 0.1) is 0 Å². The second-order valence-electron chi connectivity index (χ2n) is 4.36. The molecule has 0 aliphatic carbocycles. The first kappa shape index (κ1) is 13.3. The summed E-state index contributed by atoms with van der Waals surface area (Å²) in [7, 11) is 1.44. The largest absolute Gasteiger partial charge is 0.416 e. The summed E-state index contributed by atoms with van der Waals surface area (Å²) in [4.78, 5) is 15.8. The van der Waals surface area contributed by atoms with Crippen LogP contribution < -0.4 is 5.69 Å². The van der Waals surface area contributed by atoms with Crippen LogP contribution in [0.4, 0.5) is 13.2 Å². The van der Waals surface area contributed by atoms with E-state index in [4.69, 9.17) is 0 Å². The minimum Gasteiger partial charge on any atom is -0.245 e. The molecule has 2 heterocycles. The summed E-state index contributed by atoms with van der Waals surface area (Å²) >= 11 is 0. The molecule has 0 amide bonds. The SMILES string of the molecule is Cn1nnc2c(-c3ccc(C(F)(F)F)cc3)ncn2c1=O. The van der Waals surface area contributed by atoms with Crippen LogP contribution >= 0.6 is 0 Å². The van der Waals surface area contributed by atoms with Crippen LogP contribution in [-0.2, 0) is 13.2 Å². The Bertz CT molecular complexity index is 863. The summed E-state index contributed by atoms with van der Waals surface area (Å²) in [5, 5.41) is 7.48. The van der Waals surface area contributed by atoms with Crippen LogP contribution in [0.1, 0.15) is 5.56 Å². The molecule has 0 radical (unpaired) electrons. The molecule has 9 heteroatoms. The highest BCUT2D eigenvalue weighted by Gasteiger charge is 2.30. The van der Waals surface area contributed by atoms with E-state index < -0.39 is 17.4 Å². The molecule has 21 heavy (non-hydrogen) atoms. The molecular weight excluding hydrogens is 287 g/mol. The predicted octanol–water partition coefficient (Wildman–Crippen LogP) is 1.51. The van der Waals surface area contributed by atoms with Gasteiger partial charge in [0.25, 0.3) is 0 Å². The number of hydrogen-bond acceptors (Lipinski definition) is 4. The van der Waals surface area contributed by atoms with Gasteiger partial charge in [0.05, 0.1) is 5.56 Å². The van der Waals surface area contributed by atoms with Crippen LogP contribution in [-0.4, -0.2) is 24.4 Å². The van der Waals surface area contributed by atoms with Crippen molar-refractivity contribution in [3.05, 3.63) is 46.6 Å². The van der Waals surface area contributed by atoms with Gasteiger partial charge in [-0.25, -0.2) is 14.2 Å². The quantitative estimate of drug-likeness (QED) is 0.682. The third-order valence-electron chi connectivity index (χ3n) is 2.98. The highest BCUT2D eigenvalue weighted by Crippen LogP contribution is 2.31. The molecule has 0 aliphatic rings. The molecule has 0 atom stereocenters. The Labute approximate surface area is 115 Å². The molecule has 0 N–H and O–H groups in total. The van der Waals surface area contributed by atoms with E-state index in [9.17, 15) is 18.0 Å². The first-order chi connectivity index (χ1) is 9.88. The lowest BCUT2D eigenvalue weighted by Crippen LogP contribution is -2.26. The minimum absolute atomic E-state index is 0.192. The van der Waals surface area contributed by atoms with Crippen molar-refractivity contribution in [1.82, 2.24) is 24.4 Å². The fourth-order valence-corrected chi connectivity index (χ4v) is 1.90. The summed E-state index contributed by atoms with van der Waals surface area (Å²) in [5.41, 5.74) is -0.276. The third-order valence-corrected chi connectivity index (χ3v) is 2.98. The van der Waals surface area contributed by atoms with E-state index in [0.717, 1.165) is 16.8 Å². The van der Waals surface area contributed by atoms with E-state index >= 15 is 0 Å². The molecule has 3 rings (SSSR count). The Morgan fingerprint density at radius 3 is 2.43 bits per heavy atom. The van der Waals surface area contributed by atoms with E-state index in [1.54, 1.807) is 0 Å². The lowest BCUT2D eigenvalue weighted by Gasteiger charge is -2.06. The highest BCUT2D eigenvalue weighted by atomic mass is 19.4. The number of halogens is 3. The van der Waals surface area contributed by atoms with Crippen molar-refractivity contribution >= 4 is 5.65 Å². The number of imidazole rings is 1. The number of benzene rings is 1. The number of fused-ring (bicyclic) bond motifs is 1. The Morgan fingerprint density at radius 1 is 1.14 bits per heavy atom. The van der Waals surface area contributed by atoms with Gasteiger partial charge in [-0.05, 0) is 12.1 Å². The third kappa shape index (κ3) is 2.16. The van der Waals surface area contributed by atoms with Crippen LogP contribution in [0.3, 0.4) is 0 Å². The van der Waals surface area contributed by atoms with Gasteiger partial charge in [0.2, 0.25) is 0 Å². The Balaban J connectivity index is 2.13. The maximum atomic E-state index is 12.5. The zero-order valence-corrected chi connectivity index (χ0v) is 10.7. The molecule has 108 valence electrons. The van der Waals surface area contributed by atoms with Gasteiger partial charge in [-0.3, -0.25) is 0 Å². The van der Waals surface area contributed by atoms with Gasteiger partial charge in [-0.1, -0.05) is 17.3 Å². The van der Waals surface area contributed by atoms with Gasteiger partial charge in [-0.15, -0.1) is 5.10 Å². The average molecular weight is 295 g/mol. The van der Waals surface area contributed by atoms with Gasteiger partial charge in [0.1, 0.15) is 12.0 Å². The van der Waals surface area contributed by atoms with Gasteiger partial charge in [0, 0.05) is 12.6 Å². The van der Waals surface area contributed by atoms with Crippen molar-refractivity contribution in [2.24, 2.45) is 7.05 Å². The lowest BCUT2D eigenvalue weighted by atomic mass is 10.1. The monoisotopic (exact) mass is 295 g/mol. The fourth-order valence-electron chi connectivity index (χ4n) is 1.90. The first-order valence-corrected chi connectivity index (χ1v) is 5.82. The fraction of sp³-hybridized carbons (Fsp3) is 0.167. The van der Waals surface area contributed by atoms with Gasteiger partial charge in [0.15, 0.2) is 5.65 Å². The number of alkyl halides is 3. The lowest BCUT2D eigenvalue weighted by molar-refractivity contribution is -0.137. The molecule has 2 aromatic heterocycles. The normalized spacial score (nSPS) is 12.0. The van der Waals surface area contributed by atoms with Crippen molar-refractivity contribution in [2.75, 3.05) is 0 Å². The zero-order valence-electron chi connectivity index (χ0n) is 10.7.